The standard InChI is InChI=1S/C15H9Br/c16-10-9-15-13-7-3-1-5-11(13)12-6-2-4-8-14(12)15/h1-8,10H. The first kappa shape index (κ1) is 9.65. The zero-order valence-electron chi connectivity index (χ0n) is 8.57. The predicted molar refractivity (Wildman–Crippen MR) is 71.4 cm³/mol. The SMILES string of the molecule is BrC=C=C1c2ccccc2-c2ccccc21. The van der Waals surface area contributed by atoms with Gasteiger partial charge in [0.05, 0.1) is 0 Å². The molecule has 0 nitrogen and oxygen atoms in total. The third-order valence-corrected chi connectivity index (χ3v) is 3.11. The first-order chi connectivity index (χ1) is 7.92. The Morgan fingerprint density at radius 2 is 1.19 bits per heavy atom. The van der Waals surface area contributed by atoms with Crippen LogP contribution in [0.1, 0.15) is 11.1 Å². The fraction of sp³-hybridized carbons (Fsp3) is 0. The third kappa shape index (κ3) is 1.30. The van der Waals surface area contributed by atoms with E-state index in [2.05, 4.69) is 70.2 Å². The van der Waals surface area contributed by atoms with Crippen LogP contribution in [0.2, 0.25) is 0 Å². The van der Waals surface area contributed by atoms with Gasteiger partial charge in [-0.05, 0) is 22.3 Å². The van der Waals surface area contributed by atoms with Gasteiger partial charge in [-0.25, -0.2) is 0 Å². The van der Waals surface area contributed by atoms with Gasteiger partial charge in [0.15, 0.2) is 0 Å². The molecule has 0 fully saturated rings. The first-order valence-corrected chi connectivity index (χ1v) is 6.08. The molecule has 2 aromatic rings. The lowest BCUT2D eigenvalue weighted by Gasteiger charge is -1.97. The summed E-state index contributed by atoms with van der Waals surface area (Å²) < 4.78 is 0. The topological polar surface area (TPSA) is 0 Å². The van der Waals surface area contributed by atoms with E-state index in [-0.39, 0.29) is 0 Å². The van der Waals surface area contributed by atoms with Gasteiger partial charge in [-0.2, -0.15) is 0 Å². The molecule has 0 aromatic heterocycles. The molecule has 1 aliphatic rings. The molecule has 2 aromatic carbocycles. The van der Waals surface area contributed by atoms with Gasteiger partial charge in [0.25, 0.3) is 0 Å². The monoisotopic (exact) mass is 268 g/mol. The summed E-state index contributed by atoms with van der Waals surface area (Å²) in [4.78, 5) is 1.79. The fourth-order valence-corrected chi connectivity index (χ4v) is 2.46. The highest BCUT2D eigenvalue weighted by Gasteiger charge is 2.21. The van der Waals surface area contributed by atoms with Crippen LogP contribution in [0, 0.1) is 0 Å². The molecule has 0 unspecified atom stereocenters. The summed E-state index contributed by atoms with van der Waals surface area (Å²) in [6.45, 7) is 0. The minimum absolute atomic E-state index is 1.17. The molecule has 0 heterocycles. The zero-order chi connectivity index (χ0) is 11.0. The largest absolute Gasteiger partial charge is 0.104 e. The van der Waals surface area contributed by atoms with Crippen molar-refractivity contribution in [3.8, 4) is 11.1 Å². The van der Waals surface area contributed by atoms with Crippen LogP contribution in [-0.2, 0) is 0 Å². The molecule has 0 aliphatic heterocycles. The number of hydrogen-bond acceptors (Lipinski definition) is 0. The van der Waals surface area contributed by atoms with E-state index in [0.717, 1.165) is 0 Å². The van der Waals surface area contributed by atoms with Crippen molar-refractivity contribution in [2.75, 3.05) is 0 Å². The van der Waals surface area contributed by atoms with E-state index in [1.807, 2.05) is 0 Å². The summed E-state index contributed by atoms with van der Waals surface area (Å²) in [6.07, 6.45) is 0. The highest BCUT2D eigenvalue weighted by atomic mass is 79.9. The van der Waals surface area contributed by atoms with Crippen molar-refractivity contribution in [1.29, 1.82) is 0 Å². The minimum Gasteiger partial charge on any atom is -0.104 e. The van der Waals surface area contributed by atoms with E-state index in [1.165, 1.54) is 27.8 Å². The van der Waals surface area contributed by atoms with Crippen LogP contribution in [0.25, 0.3) is 16.7 Å². The molecule has 1 aliphatic carbocycles. The van der Waals surface area contributed by atoms with Gasteiger partial charge >= 0.3 is 0 Å². The van der Waals surface area contributed by atoms with Crippen molar-refractivity contribution in [1.82, 2.24) is 0 Å². The minimum atomic E-state index is 1.17. The number of fused-ring (bicyclic) bond motifs is 3. The average Bonchev–Trinajstić information content (AvgIpc) is 2.66. The van der Waals surface area contributed by atoms with E-state index in [9.17, 15) is 0 Å². The van der Waals surface area contributed by atoms with Crippen molar-refractivity contribution in [3.05, 3.63) is 70.4 Å². The van der Waals surface area contributed by atoms with Gasteiger partial charge in [0, 0.05) is 10.6 Å². The summed E-state index contributed by atoms with van der Waals surface area (Å²) in [7, 11) is 0. The maximum atomic E-state index is 3.31. The Morgan fingerprint density at radius 3 is 1.62 bits per heavy atom. The molecule has 3 rings (SSSR count). The van der Waals surface area contributed by atoms with Crippen molar-refractivity contribution >= 4 is 21.5 Å². The normalized spacial score (nSPS) is 11.7. The Balaban J connectivity index is 2.44. The highest BCUT2D eigenvalue weighted by Crippen LogP contribution is 2.43. The average molecular weight is 269 g/mol. The van der Waals surface area contributed by atoms with E-state index >= 15 is 0 Å². The second-order valence-electron chi connectivity index (χ2n) is 3.72. The summed E-state index contributed by atoms with van der Waals surface area (Å²) in [5.41, 5.74) is 9.56. The molecule has 0 bridgehead atoms. The van der Waals surface area contributed by atoms with E-state index in [4.69, 9.17) is 0 Å². The van der Waals surface area contributed by atoms with Gasteiger partial charge in [-0.15, -0.1) is 5.73 Å². The lowest BCUT2D eigenvalue weighted by Crippen LogP contribution is -1.77. The van der Waals surface area contributed by atoms with Crippen LogP contribution in [0.3, 0.4) is 0 Å². The quantitative estimate of drug-likeness (QED) is 0.523. The van der Waals surface area contributed by atoms with Crippen LogP contribution in [0.5, 0.6) is 0 Å². The van der Waals surface area contributed by atoms with Crippen LogP contribution in [0.4, 0.5) is 0 Å². The van der Waals surface area contributed by atoms with Crippen LogP contribution >= 0.6 is 15.9 Å². The maximum absolute atomic E-state index is 3.31. The Kier molecular flexibility index (Phi) is 2.28. The molecule has 0 N–H and O–H groups in total. The Hall–Kier alpha value is -1.56. The summed E-state index contributed by atoms with van der Waals surface area (Å²) in [5.74, 6) is 0. The molecular weight excluding hydrogens is 260 g/mol. The molecule has 0 atom stereocenters. The molecule has 1 heteroatoms. The van der Waals surface area contributed by atoms with Crippen LogP contribution < -0.4 is 0 Å². The van der Waals surface area contributed by atoms with Gasteiger partial charge in [-0.1, -0.05) is 64.5 Å². The lowest BCUT2D eigenvalue weighted by molar-refractivity contribution is 1.65. The summed E-state index contributed by atoms with van der Waals surface area (Å²) >= 11 is 3.31. The van der Waals surface area contributed by atoms with Crippen molar-refractivity contribution < 1.29 is 0 Å². The van der Waals surface area contributed by atoms with Gasteiger partial charge in [0.1, 0.15) is 0 Å². The second-order valence-corrected chi connectivity index (χ2v) is 4.18. The molecule has 0 saturated heterocycles. The van der Waals surface area contributed by atoms with Crippen molar-refractivity contribution in [2.24, 2.45) is 0 Å². The lowest BCUT2D eigenvalue weighted by atomic mass is 10.1. The molecule has 0 spiro atoms. The Morgan fingerprint density at radius 1 is 0.750 bits per heavy atom. The van der Waals surface area contributed by atoms with Crippen LogP contribution in [0.15, 0.2) is 59.2 Å². The molecule has 16 heavy (non-hydrogen) atoms. The molecule has 0 amide bonds. The van der Waals surface area contributed by atoms with Gasteiger partial charge in [-0.3, -0.25) is 0 Å². The summed E-state index contributed by atoms with van der Waals surface area (Å²) in [6, 6.07) is 16.9. The predicted octanol–water partition coefficient (Wildman–Crippen LogP) is 4.61. The first-order valence-electron chi connectivity index (χ1n) is 5.16. The maximum Gasteiger partial charge on any atom is 0.0327 e. The van der Waals surface area contributed by atoms with E-state index in [0.29, 0.717) is 0 Å². The van der Waals surface area contributed by atoms with Gasteiger partial charge in [0.2, 0.25) is 0 Å². The zero-order valence-corrected chi connectivity index (χ0v) is 10.2. The number of benzene rings is 2. The number of halogens is 1. The Bertz CT molecular complexity index is 569. The second kappa shape index (κ2) is 3.79. The molecule has 76 valence electrons. The van der Waals surface area contributed by atoms with Gasteiger partial charge < -0.3 is 0 Å². The van der Waals surface area contributed by atoms with E-state index in [1.54, 1.807) is 4.99 Å². The molecule has 0 radical (unpaired) electrons. The van der Waals surface area contributed by atoms with E-state index < -0.39 is 0 Å². The Labute approximate surface area is 103 Å². The number of hydrogen-bond donors (Lipinski definition) is 0. The molecular formula is C15H9Br. The smallest absolute Gasteiger partial charge is 0.0327 e. The number of rotatable bonds is 0. The highest BCUT2D eigenvalue weighted by molar-refractivity contribution is 9.11. The summed E-state index contributed by atoms with van der Waals surface area (Å²) in [5, 5.41) is 0. The third-order valence-electron chi connectivity index (χ3n) is 2.88. The van der Waals surface area contributed by atoms with Crippen molar-refractivity contribution in [2.45, 2.75) is 0 Å². The van der Waals surface area contributed by atoms with Crippen molar-refractivity contribution in [3.63, 3.8) is 0 Å². The molecule has 0 saturated carbocycles. The van der Waals surface area contributed by atoms with Crippen LogP contribution in [-0.4, -0.2) is 0 Å². The fourth-order valence-electron chi connectivity index (χ4n) is 2.23.